The maximum Gasteiger partial charge on any atom is 0.230 e. The zero-order valence-corrected chi connectivity index (χ0v) is 13.8. The molecule has 0 saturated carbocycles. The van der Waals surface area contributed by atoms with Crippen molar-refractivity contribution < 1.29 is 4.79 Å². The molecule has 2 N–H and O–H groups in total. The molecular formula is C17H19N7O. The largest absolute Gasteiger partial charge is 0.315 e. The van der Waals surface area contributed by atoms with Crippen LogP contribution in [0.25, 0.3) is 5.69 Å². The van der Waals surface area contributed by atoms with E-state index < -0.39 is 0 Å². The van der Waals surface area contributed by atoms with Crippen LogP contribution in [-0.2, 0) is 11.8 Å². The van der Waals surface area contributed by atoms with Crippen LogP contribution < -0.4 is 10.6 Å². The third-order valence-electron chi connectivity index (χ3n) is 4.47. The van der Waals surface area contributed by atoms with Crippen molar-refractivity contribution in [2.24, 2.45) is 13.0 Å². The number of hydrogen-bond donors (Lipinski definition) is 2. The van der Waals surface area contributed by atoms with Gasteiger partial charge in [0.25, 0.3) is 0 Å². The van der Waals surface area contributed by atoms with Gasteiger partial charge in [0.1, 0.15) is 0 Å². The van der Waals surface area contributed by atoms with Crippen molar-refractivity contribution in [3.05, 3.63) is 54.7 Å². The first-order valence-electron chi connectivity index (χ1n) is 8.17. The van der Waals surface area contributed by atoms with Crippen molar-refractivity contribution in [1.82, 2.24) is 29.9 Å². The van der Waals surface area contributed by atoms with E-state index in [4.69, 9.17) is 0 Å². The highest BCUT2D eigenvalue weighted by Gasteiger charge is 2.34. The Morgan fingerprint density at radius 3 is 2.88 bits per heavy atom. The van der Waals surface area contributed by atoms with Crippen LogP contribution in [0.3, 0.4) is 0 Å². The summed E-state index contributed by atoms with van der Waals surface area (Å²) in [6.07, 6.45) is 9.03. The van der Waals surface area contributed by atoms with Gasteiger partial charge >= 0.3 is 0 Å². The smallest absolute Gasteiger partial charge is 0.230 e. The zero-order chi connectivity index (χ0) is 17.2. The van der Waals surface area contributed by atoms with Gasteiger partial charge in [0, 0.05) is 56.9 Å². The van der Waals surface area contributed by atoms with Crippen LogP contribution in [-0.4, -0.2) is 43.5 Å². The molecule has 0 bridgehead atoms. The molecule has 2 atom stereocenters. The van der Waals surface area contributed by atoms with Gasteiger partial charge in [0.15, 0.2) is 5.82 Å². The van der Waals surface area contributed by atoms with Crippen LogP contribution >= 0.6 is 0 Å². The van der Waals surface area contributed by atoms with Gasteiger partial charge in [0.05, 0.1) is 17.8 Å². The lowest BCUT2D eigenvalue weighted by molar-refractivity contribution is -0.119. The van der Waals surface area contributed by atoms with Gasteiger partial charge in [0.2, 0.25) is 5.91 Å². The predicted octanol–water partition coefficient (Wildman–Crippen LogP) is 0.942. The van der Waals surface area contributed by atoms with Crippen molar-refractivity contribution in [2.75, 3.05) is 18.4 Å². The SMILES string of the molecule is Cn1cc([C@H]2CNC[C@@H]2C(=O)Nc2ccn(-c3ccncc3)n2)cn1. The minimum absolute atomic E-state index is 0.0289. The lowest BCUT2D eigenvalue weighted by Crippen LogP contribution is -2.28. The summed E-state index contributed by atoms with van der Waals surface area (Å²) in [5.41, 5.74) is 1.97. The van der Waals surface area contributed by atoms with E-state index in [1.165, 1.54) is 0 Å². The second kappa shape index (κ2) is 6.48. The van der Waals surface area contributed by atoms with Crippen molar-refractivity contribution >= 4 is 11.7 Å². The molecule has 4 heterocycles. The summed E-state index contributed by atoms with van der Waals surface area (Å²) in [6, 6.07) is 5.51. The summed E-state index contributed by atoms with van der Waals surface area (Å²) in [5, 5.41) is 14.9. The third-order valence-corrected chi connectivity index (χ3v) is 4.47. The zero-order valence-electron chi connectivity index (χ0n) is 13.8. The fourth-order valence-electron chi connectivity index (χ4n) is 3.19. The van der Waals surface area contributed by atoms with E-state index >= 15 is 0 Å². The lowest BCUT2D eigenvalue weighted by Gasteiger charge is -2.16. The number of amides is 1. The molecule has 8 heteroatoms. The van der Waals surface area contributed by atoms with E-state index in [0.29, 0.717) is 12.4 Å². The summed E-state index contributed by atoms with van der Waals surface area (Å²) in [6.45, 7) is 1.42. The molecule has 0 spiro atoms. The predicted molar refractivity (Wildman–Crippen MR) is 92.3 cm³/mol. The lowest BCUT2D eigenvalue weighted by atomic mass is 9.90. The molecule has 25 heavy (non-hydrogen) atoms. The Bertz CT molecular complexity index is 870. The van der Waals surface area contributed by atoms with Gasteiger partial charge in [-0.15, -0.1) is 0 Å². The quantitative estimate of drug-likeness (QED) is 0.740. The Kier molecular flexibility index (Phi) is 4.02. The van der Waals surface area contributed by atoms with E-state index in [-0.39, 0.29) is 17.7 Å². The molecule has 4 rings (SSSR count). The van der Waals surface area contributed by atoms with Gasteiger partial charge in [-0.25, -0.2) is 4.68 Å². The first kappa shape index (κ1) is 15.5. The molecule has 0 aliphatic carbocycles. The van der Waals surface area contributed by atoms with Gasteiger partial charge in [-0.05, 0) is 17.7 Å². The topological polar surface area (TPSA) is 89.7 Å². The minimum Gasteiger partial charge on any atom is -0.315 e. The molecule has 0 unspecified atom stereocenters. The minimum atomic E-state index is -0.143. The molecule has 1 aliphatic heterocycles. The number of aryl methyl sites for hydroxylation is 1. The van der Waals surface area contributed by atoms with Gasteiger partial charge in [-0.3, -0.25) is 14.5 Å². The summed E-state index contributed by atoms with van der Waals surface area (Å²) in [5.74, 6) is 0.490. The first-order valence-corrected chi connectivity index (χ1v) is 8.17. The number of carbonyl (C=O) groups is 1. The number of rotatable bonds is 4. The van der Waals surface area contributed by atoms with Crippen LogP contribution in [0.5, 0.6) is 0 Å². The number of nitrogens with one attached hydrogen (secondary N) is 2. The Morgan fingerprint density at radius 1 is 1.28 bits per heavy atom. The second-order valence-electron chi connectivity index (χ2n) is 6.16. The van der Waals surface area contributed by atoms with Gasteiger partial charge in [-0.2, -0.15) is 10.2 Å². The fraction of sp³-hybridized carbons (Fsp3) is 0.294. The van der Waals surface area contributed by atoms with Crippen LogP contribution in [0.15, 0.2) is 49.2 Å². The molecule has 1 amide bonds. The molecule has 1 aliphatic rings. The van der Waals surface area contributed by atoms with E-state index in [0.717, 1.165) is 17.8 Å². The molecule has 3 aromatic heterocycles. The van der Waals surface area contributed by atoms with E-state index in [1.54, 1.807) is 27.8 Å². The number of pyridine rings is 1. The standard InChI is InChI=1S/C17H19N7O/c1-23-11-12(8-20-23)14-9-19-10-15(14)17(25)21-16-4-7-24(22-16)13-2-5-18-6-3-13/h2-8,11,14-15,19H,9-10H2,1H3,(H,21,22,25)/t14-,15+/m1/s1. The molecule has 1 fully saturated rings. The maximum atomic E-state index is 12.7. The van der Waals surface area contributed by atoms with Gasteiger partial charge < -0.3 is 10.6 Å². The Labute approximate surface area is 144 Å². The van der Waals surface area contributed by atoms with E-state index in [9.17, 15) is 4.79 Å². The van der Waals surface area contributed by atoms with Crippen molar-refractivity contribution in [1.29, 1.82) is 0 Å². The molecule has 3 aromatic rings. The fourth-order valence-corrected chi connectivity index (χ4v) is 3.19. The highest BCUT2D eigenvalue weighted by Crippen LogP contribution is 2.28. The average Bonchev–Trinajstić information content (AvgIpc) is 3.35. The highest BCUT2D eigenvalue weighted by molar-refractivity contribution is 5.92. The summed E-state index contributed by atoms with van der Waals surface area (Å²) < 4.78 is 3.47. The Morgan fingerprint density at radius 2 is 2.12 bits per heavy atom. The molecular weight excluding hydrogens is 318 g/mol. The number of carbonyl (C=O) groups excluding carboxylic acids is 1. The van der Waals surface area contributed by atoms with Gasteiger partial charge in [-0.1, -0.05) is 0 Å². The summed E-state index contributed by atoms with van der Waals surface area (Å²) in [7, 11) is 1.88. The van der Waals surface area contributed by atoms with Crippen molar-refractivity contribution in [2.45, 2.75) is 5.92 Å². The van der Waals surface area contributed by atoms with Crippen LogP contribution in [0.2, 0.25) is 0 Å². The molecule has 1 saturated heterocycles. The first-order chi connectivity index (χ1) is 12.2. The van der Waals surface area contributed by atoms with Crippen LogP contribution in [0.1, 0.15) is 11.5 Å². The number of aromatic nitrogens is 5. The average molecular weight is 337 g/mol. The highest BCUT2D eigenvalue weighted by atomic mass is 16.2. The van der Waals surface area contributed by atoms with Crippen molar-refractivity contribution in [3.63, 3.8) is 0 Å². The van der Waals surface area contributed by atoms with E-state index in [2.05, 4.69) is 25.8 Å². The maximum absolute atomic E-state index is 12.7. The Balaban J connectivity index is 1.47. The molecule has 0 radical (unpaired) electrons. The summed E-state index contributed by atoms with van der Waals surface area (Å²) >= 11 is 0. The normalized spacial score (nSPS) is 19.9. The second-order valence-corrected chi connectivity index (χ2v) is 6.16. The van der Waals surface area contributed by atoms with Crippen molar-refractivity contribution in [3.8, 4) is 5.69 Å². The van der Waals surface area contributed by atoms with E-state index in [1.807, 2.05) is 37.8 Å². The monoisotopic (exact) mass is 337 g/mol. The van der Waals surface area contributed by atoms with Crippen LogP contribution in [0.4, 0.5) is 5.82 Å². The number of anilines is 1. The number of nitrogens with zero attached hydrogens (tertiary/aromatic N) is 5. The van der Waals surface area contributed by atoms with Crippen LogP contribution in [0, 0.1) is 5.92 Å². The third kappa shape index (κ3) is 3.16. The number of hydrogen-bond acceptors (Lipinski definition) is 5. The molecule has 8 nitrogen and oxygen atoms in total. The Hall–Kier alpha value is -3.00. The molecule has 0 aromatic carbocycles. The molecule has 128 valence electrons. The summed E-state index contributed by atoms with van der Waals surface area (Å²) in [4.78, 5) is 16.7.